The molecular weight excluding hydrogens is 306 g/mol. The van der Waals surface area contributed by atoms with Gasteiger partial charge in [-0.15, -0.1) is 0 Å². The molecule has 6 heteroatoms. The van der Waals surface area contributed by atoms with Crippen LogP contribution in [0.1, 0.15) is 17.2 Å². The van der Waals surface area contributed by atoms with Gasteiger partial charge in [-0.2, -0.15) is 0 Å². The summed E-state index contributed by atoms with van der Waals surface area (Å²) in [6, 6.07) is 15.7. The Balaban J connectivity index is 1.66. The average molecular weight is 323 g/mol. The largest absolute Gasteiger partial charge is 0.508 e. The maximum absolute atomic E-state index is 12.3. The zero-order chi connectivity index (χ0) is 16.7. The maximum atomic E-state index is 12.3. The summed E-state index contributed by atoms with van der Waals surface area (Å²) in [5.41, 5.74) is 5.23. The molecule has 122 valence electrons. The number of benzene rings is 2. The zero-order valence-electron chi connectivity index (χ0n) is 12.8. The van der Waals surface area contributed by atoms with E-state index in [1.54, 1.807) is 24.3 Å². The fraction of sp³-hybridized carbons (Fsp3) is 0.222. The SMILES string of the molecule is O=C1NC(=O)[C@@H]2[C@H]1[C@H](c1ccc(O)cc1)NN2Cc1ccccc1. The molecule has 0 bridgehead atoms. The van der Waals surface area contributed by atoms with Gasteiger partial charge < -0.3 is 5.11 Å². The van der Waals surface area contributed by atoms with Gasteiger partial charge in [-0.1, -0.05) is 42.5 Å². The van der Waals surface area contributed by atoms with Gasteiger partial charge in [0.25, 0.3) is 0 Å². The molecule has 2 heterocycles. The molecule has 2 aliphatic rings. The van der Waals surface area contributed by atoms with E-state index in [4.69, 9.17) is 0 Å². The lowest BCUT2D eigenvalue weighted by molar-refractivity contribution is -0.127. The predicted octanol–water partition coefficient (Wildman–Crippen LogP) is 1.09. The number of phenolic OH excluding ortho intramolecular Hbond substituents is 1. The second kappa shape index (κ2) is 5.74. The summed E-state index contributed by atoms with van der Waals surface area (Å²) >= 11 is 0. The number of nitrogens with zero attached hydrogens (tertiary/aromatic N) is 1. The van der Waals surface area contributed by atoms with Crippen molar-refractivity contribution >= 4 is 11.8 Å². The Morgan fingerprint density at radius 1 is 0.958 bits per heavy atom. The number of carbonyl (C=O) groups is 2. The van der Waals surface area contributed by atoms with Crippen LogP contribution in [0.25, 0.3) is 0 Å². The number of phenols is 1. The number of amides is 2. The molecule has 0 spiro atoms. The number of rotatable bonds is 3. The van der Waals surface area contributed by atoms with Crippen LogP contribution in [0.4, 0.5) is 0 Å². The van der Waals surface area contributed by atoms with Gasteiger partial charge in [-0.05, 0) is 23.3 Å². The number of hydrazine groups is 1. The van der Waals surface area contributed by atoms with Crippen LogP contribution in [0.5, 0.6) is 5.75 Å². The van der Waals surface area contributed by atoms with E-state index in [0.717, 1.165) is 11.1 Å². The van der Waals surface area contributed by atoms with E-state index in [9.17, 15) is 14.7 Å². The summed E-state index contributed by atoms with van der Waals surface area (Å²) in [5.74, 6) is -0.840. The topological polar surface area (TPSA) is 81.7 Å². The first-order valence-corrected chi connectivity index (χ1v) is 7.84. The molecule has 3 atom stereocenters. The Hall–Kier alpha value is -2.70. The van der Waals surface area contributed by atoms with Gasteiger partial charge in [0, 0.05) is 6.54 Å². The first-order valence-electron chi connectivity index (χ1n) is 7.84. The lowest BCUT2D eigenvalue weighted by Gasteiger charge is -2.22. The summed E-state index contributed by atoms with van der Waals surface area (Å²) in [4.78, 5) is 24.5. The standard InChI is InChI=1S/C18H17N3O3/c22-13-8-6-12(7-9-13)15-14-16(18(24)19-17(14)23)21(20-15)10-11-4-2-1-3-5-11/h1-9,14-16,20,22H,10H2,(H,19,23,24)/t14-,15+,16+/m1/s1. The molecule has 4 rings (SSSR count). The van der Waals surface area contributed by atoms with Gasteiger partial charge in [0.15, 0.2) is 0 Å². The van der Waals surface area contributed by atoms with E-state index < -0.39 is 12.0 Å². The summed E-state index contributed by atoms with van der Waals surface area (Å²) in [6.45, 7) is 0.525. The second-order valence-corrected chi connectivity index (χ2v) is 6.14. The number of fused-ring (bicyclic) bond motifs is 1. The van der Waals surface area contributed by atoms with Crippen molar-refractivity contribution in [3.63, 3.8) is 0 Å². The zero-order valence-corrected chi connectivity index (χ0v) is 12.8. The minimum atomic E-state index is -0.531. The van der Waals surface area contributed by atoms with Gasteiger partial charge in [0.05, 0.1) is 12.0 Å². The Morgan fingerprint density at radius 3 is 2.38 bits per heavy atom. The highest BCUT2D eigenvalue weighted by atomic mass is 16.3. The molecule has 2 saturated heterocycles. The van der Waals surface area contributed by atoms with Crippen molar-refractivity contribution in [2.24, 2.45) is 5.92 Å². The minimum absolute atomic E-state index is 0.168. The van der Waals surface area contributed by atoms with Crippen molar-refractivity contribution in [3.05, 3.63) is 65.7 Å². The number of hydrogen-bond acceptors (Lipinski definition) is 5. The lowest BCUT2D eigenvalue weighted by atomic mass is 9.91. The van der Waals surface area contributed by atoms with Crippen molar-refractivity contribution in [1.29, 1.82) is 0 Å². The van der Waals surface area contributed by atoms with Crippen LogP contribution in [-0.4, -0.2) is 28.0 Å². The van der Waals surface area contributed by atoms with Crippen molar-refractivity contribution in [3.8, 4) is 5.75 Å². The van der Waals surface area contributed by atoms with Gasteiger partial charge in [0.1, 0.15) is 11.8 Å². The predicted molar refractivity (Wildman–Crippen MR) is 86.4 cm³/mol. The molecule has 2 aliphatic heterocycles. The minimum Gasteiger partial charge on any atom is -0.508 e. The van der Waals surface area contributed by atoms with E-state index in [1.807, 2.05) is 35.3 Å². The second-order valence-electron chi connectivity index (χ2n) is 6.14. The van der Waals surface area contributed by atoms with E-state index in [1.165, 1.54) is 0 Å². The van der Waals surface area contributed by atoms with E-state index in [-0.39, 0.29) is 23.6 Å². The monoisotopic (exact) mass is 323 g/mol. The molecule has 0 aliphatic carbocycles. The van der Waals surface area contributed by atoms with Crippen LogP contribution < -0.4 is 10.7 Å². The molecule has 0 radical (unpaired) electrons. The first-order chi connectivity index (χ1) is 11.6. The normalized spacial score (nSPS) is 26.4. The average Bonchev–Trinajstić information content (AvgIpc) is 3.09. The third-order valence-electron chi connectivity index (χ3n) is 4.61. The molecular formula is C18H17N3O3. The maximum Gasteiger partial charge on any atom is 0.246 e. The van der Waals surface area contributed by atoms with Crippen molar-refractivity contribution in [2.75, 3.05) is 0 Å². The highest BCUT2D eigenvalue weighted by molar-refractivity contribution is 6.07. The number of hydrogen-bond donors (Lipinski definition) is 3. The van der Waals surface area contributed by atoms with Crippen LogP contribution in [0, 0.1) is 5.92 Å². The molecule has 6 nitrogen and oxygen atoms in total. The van der Waals surface area contributed by atoms with E-state index in [2.05, 4.69) is 10.7 Å². The quantitative estimate of drug-likeness (QED) is 0.737. The molecule has 0 saturated carbocycles. The van der Waals surface area contributed by atoms with Crippen LogP contribution in [0.15, 0.2) is 54.6 Å². The summed E-state index contributed by atoms with van der Waals surface area (Å²) in [6.07, 6.45) is 0. The lowest BCUT2D eigenvalue weighted by Crippen LogP contribution is -2.43. The number of aromatic hydroxyl groups is 1. The molecule has 0 unspecified atom stereocenters. The molecule has 3 N–H and O–H groups in total. The smallest absolute Gasteiger partial charge is 0.246 e. The molecule has 2 fully saturated rings. The Morgan fingerprint density at radius 2 is 1.67 bits per heavy atom. The number of imide groups is 1. The summed E-state index contributed by atoms with van der Waals surface area (Å²) in [5, 5.41) is 13.7. The summed E-state index contributed by atoms with van der Waals surface area (Å²) in [7, 11) is 0. The van der Waals surface area contributed by atoms with Crippen LogP contribution in [0.2, 0.25) is 0 Å². The van der Waals surface area contributed by atoms with Crippen molar-refractivity contribution < 1.29 is 14.7 Å². The Labute approximate surface area is 139 Å². The van der Waals surface area contributed by atoms with Gasteiger partial charge >= 0.3 is 0 Å². The molecule has 24 heavy (non-hydrogen) atoms. The fourth-order valence-electron chi connectivity index (χ4n) is 3.48. The van der Waals surface area contributed by atoms with Crippen molar-refractivity contribution in [2.45, 2.75) is 18.6 Å². The van der Waals surface area contributed by atoms with Gasteiger partial charge in [0.2, 0.25) is 11.8 Å². The first kappa shape index (κ1) is 14.9. The molecule has 2 aromatic carbocycles. The van der Waals surface area contributed by atoms with Gasteiger partial charge in [-0.25, -0.2) is 10.4 Å². The Kier molecular flexibility index (Phi) is 3.55. The van der Waals surface area contributed by atoms with Crippen LogP contribution in [0.3, 0.4) is 0 Å². The highest BCUT2D eigenvalue weighted by Gasteiger charge is 2.54. The molecule has 2 aromatic rings. The van der Waals surface area contributed by atoms with Crippen LogP contribution >= 0.6 is 0 Å². The number of nitrogens with one attached hydrogen (secondary N) is 2. The van der Waals surface area contributed by atoms with E-state index >= 15 is 0 Å². The van der Waals surface area contributed by atoms with Gasteiger partial charge in [-0.3, -0.25) is 14.9 Å². The molecule has 2 amide bonds. The van der Waals surface area contributed by atoms with Crippen molar-refractivity contribution in [1.82, 2.24) is 15.8 Å². The molecule has 0 aromatic heterocycles. The third kappa shape index (κ3) is 2.46. The Bertz CT molecular complexity index is 776. The summed E-state index contributed by atoms with van der Waals surface area (Å²) < 4.78 is 0. The van der Waals surface area contributed by atoms with Crippen LogP contribution in [-0.2, 0) is 16.1 Å². The third-order valence-corrected chi connectivity index (χ3v) is 4.61. The number of carbonyl (C=O) groups excluding carboxylic acids is 2. The van der Waals surface area contributed by atoms with E-state index in [0.29, 0.717) is 6.54 Å². The highest BCUT2D eigenvalue weighted by Crippen LogP contribution is 2.37. The fourth-order valence-corrected chi connectivity index (χ4v) is 3.48.